The number of hydrogen-bond donors (Lipinski definition) is 1. The molecule has 25 heavy (non-hydrogen) atoms. The van der Waals surface area contributed by atoms with Crippen molar-refractivity contribution in [2.45, 2.75) is 12.7 Å². The van der Waals surface area contributed by atoms with Crippen molar-refractivity contribution in [3.05, 3.63) is 53.6 Å². The Bertz CT molecular complexity index is 786. The van der Waals surface area contributed by atoms with Gasteiger partial charge < -0.3 is 15.2 Å². The normalized spacial score (nSPS) is 11.9. The third kappa shape index (κ3) is 5.30. The number of anilines is 1. The fourth-order valence-corrected chi connectivity index (χ4v) is 1.92. The number of nitrogens with two attached hydrogens (primary N) is 1. The third-order valence-corrected chi connectivity index (χ3v) is 2.83. The van der Waals surface area contributed by atoms with E-state index >= 15 is 0 Å². The highest BCUT2D eigenvalue weighted by atomic mass is 19.4. The molecule has 0 aliphatic carbocycles. The maximum Gasteiger partial charge on any atom is 0.573 e. The van der Waals surface area contributed by atoms with Crippen molar-refractivity contribution < 1.29 is 40.6 Å². The average molecular weight is 365 g/mol. The summed E-state index contributed by atoms with van der Waals surface area (Å²) in [7, 11) is 0. The van der Waals surface area contributed by atoms with Crippen LogP contribution < -0.4 is 15.2 Å². The van der Waals surface area contributed by atoms with Gasteiger partial charge in [0.25, 0.3) is 0 Å². The van der Waals surface area contributed by atoms with Crippen LogP contribution in [0.2, 0.25) is 0 Å². The van der Waals surface area contributed by atoms with E-state index in [1.54, 1.807) is 0 Å². The fourth-order valence-electron chi connectivity index (χ4n) is 1.92. The van der Waals surface area contributed by atoms with Gasteiger partial charge >= 0.3 is 12.7 Å². The minimum atomic E-state index is -4.98. The van der Waals surface area contributed by atoms with E-state index in [1.807, 2.05) is 0 Å². The molecule has 134 valence electrons. The van der Waals surface area contributed by atoms with Gasteiger partial charge in [0.15, 0.2) is 5.78 Å². The van der Waals surface area contributed by atoms with Crippen molar-refractivity contribution in [1.82, 2.24) is 0 Å². The number of carbonyl (C=O) groups is 1. The summed E-state index contributed by atoms with van der Waals surface area (Å²) in [5.41, 5.74) is 4.79. The smallest absolute Gasteiger partial charge is 0.406 e. The number of ketones is 1. The Morgan fingerprint density at radius 2 is 1.40 bits per heavy atom. The molecule has 2 N–H and O–H groups in total. The second-order valence-corrected chi connectivity index (χ2v) is 4.70. The molecule has 0 atom stereocenters. The molecular formula is C15H9F6NO3. The van der Waals surface area contributed by atoms with Crippen LogP contribution in [0.15, 0.2) is 42.5 Å². The standard InChI is InChI=1S/C15H9F6NO3/c16-14(17,18)24-9-3-1-2-8(6-9)13(23)11-7-10(4-5-12(11)22)25-15(19,20)21/h1-7H,22H2. The average Bonchev–Trinajstić information content (AvgIpc) is 2.45. The summed E-state index contributed by atoms with van der Waals surface area (Å²) in [6, 6.07) is 6.74. The van der Waals surface area contributed by atoms with E-state index in [4.69, 9.17) is 5.73 Å². The van der Waals surface area contributed by atoms with E-state index in [0.717, 1.165) is 36.4 Å². The van der Waals surface area contributed by atoms with E-state index in [0.29, 0.717) is 0 Å². The van der Waals surface area contributed by atoms with E-state index in [9.17, 15) is 31.1 Å². The topological polar surface area (TPSA) is 61.5 Å². The first-order valence-electron chi connectivity index (χ1n) is 6.50. The summed E-state index contributed by atoms with van der Waals surface area (Å²) in [4.78, 5) is 12.3. The SMILES string of the molecule is Nc1ccc(OC(F)(F)F)cc1C(=O)c1cccc(OC(F)(F)F)c1. The second-order valence-electron chi connectivity index (χ2n) is 4.70. The van der Waals surface area contributed by atoms with Crippen molar-refractivity contribution >= 4 is 11.5 Å². The highest BCUT2D eigenvalue weighted by molar-refractivity contribution is 6.12. The van der Waals surface area contributed by atoms with Gasteiger partial charge in [-0.1, -0.05) is 12.1 Å². The molecule has 0 unspecified atom stereocenters. The van der Waals surface area contributed by atoms with Crippen molar-refractivity contribution in [2.24, 2.45) is 0 Å². The highest BCUT2D eigenvalue weighted by Gasteiger charge is 2.32. The van der Waals surface area contributed by atoms with Gasteiger partial charge in [0.05, 0.1) is 0 Å². The van der Waals surface area contributed by atoms with Crippen LogP contribution in [0.5, 0.6) is 11.5 Å². The molecule has 0 aliphatic rings. The lowest BCUT2D eigenvalue weighted by Crippen LogP contribution is -2.18. The molecule has 0 heterocycles. The van der Waals surface area contributed by atoms with E-state index in [-0.39, 0.29) is 16.8 Å². The predicted molar refractivity (Wildman–Crippen MR) is 74.1 cm³/mol. The molecule has 0 aromatic heterocycles. The van der Waals surface area contributed by atoms with Crippen LogP contribution in [0.25, 0.3) is 0 Å². The van der Waals surface area contributed by atoms with Crippen LogP contribution in [0.4, 0.5) is 32.0 Å². The molecule has 0 spiro atoms. The molecule has 2 aromatic rings. The zero-order valence-electron chi connectivity index (χ0n) is 12.1. The number of nitrogen functional groups attached to an aromatic ring is 1. The van der Waals surface area contributed by atoms with Crippen molar-refractivity contribution in [1.29, 1.82) is 0 Å². The Morgan fingerprint density at radius 3 is 1.96 bits per heavy atom. The maximum atomic E-state index is 12.3. The summed E-state index contributed by atoms with van der Waals surface area (Å²) in [5.74, 6) is -2.23. The molecular weight excluding hydrogens is 356 g/mol. The first kappa shape index (κ1) is 18.4. The Morgan fingerprint density at radius 1 is 0.840 bits per heavy atom. The van der Waals surface area contributed by atoms with Gasteiger partial charge in [0.2, 0.25) is 0 Å². The fraction of sp³-hybridized carbons (Fsp3) is 0.133. The minimum absolute atomic E-state index is 0.165. The maximum absolute atomic E-state index is 12.3. The van der Waals surface area contributed by atoms with Gasteiger partial charge in [0.1, 0.15) is 11.5 Å². The highest BCUT2D eigenvalue weighted by Crippen LogP contribution is 2.29. The molecule has 0 saturated carbocycles. The van der Waals surface area contributed by atoms with Crippen LogP contribution in [0.1, 0.15) is 15.9 Å². The van der Waals surface area contributed by atoms with Crippen LogP contribution in [0, 0.1) is 0 Å². The summed E-state index contributed by atoms with van der Waals surface area (Å²) in [6.07, 6.45) is -9.93. The zero-order valence-corrected chi connectivity index (χ0v) is 12.1. The van der Waals surface area contributed by atoms with E-state index in [1.165, 1.54) is 6.07 Å². The Labute approximate surface area is 136 Å². The molecule has 0 amide bonds. The molecule has 0 saturated heterocycles. The van der Waals surface area contributed by atoms with Gasteiger partial charge in [-0.25, -0.2) is 0 Å². The Hall–Kier alpha value is -2.91. The monoisotopic (exact) mass is 365 g/mol. The quantitative estimate of drug-likeness (QED) is 0.499. The Kier molecular flexibility index (Phi) is 4.82. The predicted octanol–water partition coefficient (Wildman–Crippen LogP) is 4.30. The number of rotatable bonds is 4. The van der Waals surface area contributed by atoms with Crippen molar-refractivity contribution in [3.8, 4) is 11.5 Å². The minimum Gasteiger partial charge on any atom is -0.406 e. The van der Waals surface area contributed by atoms with E-state index in [2.05, 4.69) is 9.47 Å². The molecule has 0 bridgehead atoms. The van der Waals surface area contributed by atoms with Crippen molar-refractivity contribution in [3.63, 3.8) is 0 Å². The number of carbonyl (C=O) groups excluding carboxylic acids is 1. The summed E-state index contributed by atoms with van der Waals surface area (Å²) in [6.45, 7) is 0. The summed E-state index contributed by atoms with van der Waals surface area (Å²) in [5, 5.41) is 0. The lowest BCUT2D eigenvalue weighted by molar-refractivity contribution is -0.275. The molecule has 4 nitrogen and oxygen atoms in total. The number of halogens is 6. The van der Waals surface area contributed by atoms with Crippen LogP contribution >= 0.6 is 0 Å². The lowest BCUT2D eigenvalue weighted by Gasteiger charge is -2.12. The third-order valence-electron chi connectivity index (χ3n) is 2.83. The largest absolute Gasteiger partial charge is 0.573 e. The number of hydrogen-bond acceptors (Lipinski definition) is 4. The number of alkyl halides is 6. The molecule has 0 aliphatic heterocycles. The van der Waals surface area contributed by atoms with Gasteiger partial charge in [-0.15, -0.1) is 26.3 Å². The zero-order chi connectivity index (χ0) is 18.8. The first-order valence-corrected chi connectivity index (χ1v) is 6.50. The number of benzene rings is 2. The molecule has 0 radical (unpaired) electrons. The van der Waals surface area contributed by atoms with Crippen LogP contribution in [0.3, 0.4) is 0 Å². The van der Waals surface area contributed by atoms with E-state index < -0.39 is 30.0 Å². The second kappa shape index (κ2) is 6.54. The molecule has 10 heteroatoms. The summed E-state index contributed by atoms with van der Waals surface area (Å²) >= 11 is 0. The molecule has 2 rings (SSSR count). The molecule has 0 fully saturated rings. The first-order chi connectivity index (χ1) is 11.4. The Balaban J connectivity index is 2.34. The van der Waals surface area contributed by atoms with Gasteiger partial charge in [-0.2, -0.15) is 0 Å². The molecule has 2 aromatic carbocycles. The van der Waals surface area contributed by atoms with Crippen LogP contribution in [-0.2, 0) is 0 Å². The lowest BCUT2D eigenvalue weighted by atomic mass is 10.0. The van der Waals surface area contributed by atoms with Crippen molar-refractivity contribution in [2.75, 3.05) is 5.73 Å². The van der Waals surface area contributed by atoms with Gasteiger partial charge in [-0.05, 0) is 30.3 Å². The van der Waals surface area contributed by atoms with Crippen LogP contribution in [-0.4, -0.2) is 18.5 Å². The summed E-state index contributed by atoms with van der Waals surface area (Å²) < 4.78 is 80.8. The van der Waals surface area contributed by atoms with Gasteiger partial charge in [-0.3, -0.25) is 4.79 Å². The number of ether oxygens (including phenoxy) is 2. The van der Waals surface area contributed by atoms with Gasteiger partial charge in [0, 0.05) is 16.8 Å².